The van der Waals surface area contributed by atoms with Gasteiger partial charge in [0.25, 0.3) is 11.8 Å². The summed E-state index contributed by atoms with van der Waals surface area (Å²) in [5, 5.41) is 2.86. The fourth-order valence-electron chi connectivity index (χ4n) is 5.33. The molecule has 1 heterocycles. The minimum Gasteiger partial charge on any atom is -0.459 e. The van der Waals surface area contributed by atoms with Gasteiger partial charge in [-0.05, 0) is 83.5 Å². The van der Waals surface area contributed by atoms with Crippen molar-refractivity contribution in [1.82, 2.24) is 20.6 Å². The van der Waals surface area contributed by atoms with Crippen LogP contribution < -0.4 is 22.3 Å². The highest BCUT2D eigenvalue weighted by molar-refractivity contribution is 6.21. The zero-order valence-corrected chi connectivity index (χ0v) is 29.0. The number of esters is 1. The maximum absolute atomic E-state index is 13.9. The summed E-state index contributed by atoms with van der Waals surface area (Å²) < 4.78 is 5.32. The molecule has 13 heteroatoms. The standard InChI is InChI=1S/C36H52N6O7/c1-36(2,3)49-35(47)29(38)18-19-31(43)40-30(17-9-10-21-39-48-25-26-13-5-4-6-14-26)34(46)41(22-11-20-37)23-12-24-42-32(44)27-15-7-8-16-28(27)33(42)45/h4-8,13-16,29-30,39H,9-12,17-25,37-38H2,1-3H3,(H,40,43)/t29?,30-/m0/s1. The molecule has 4 amide bonds. The molecular formula is C36H52N6O7. The van der Waals surface area contributed by atoms with Gasteiger partial charge < -0.3 is 26.4 Å². The molecule has 49 heavy (non-hydrogen) atoms. The third-order valence-corrected chi connectivity index (χ3v) is 7.86. The number of carbonyl (C=O) groups excluding carboxylic acids is 5. The highest BCUT2D eigenvalue weighted by atomic mass is 16.6. The molecule has 1 unspecified atom stereocenters. The predicted molar refractivity (Wildman–Crippen MR) is 185 cm³/mol. The number of nitrogens with one attached hydrogen (secondary N) is 2. The molecule has 0 spiro atoms. The van der Waals surface area contributed by atoms with E-state index < -0.39 is 29.6 Å². The van der Waals surface area contributed by atoms with Crippen LogP contribution in [0.3, 0.4) is 0 Å². The van der Waals surface area contributed by atoms with Gasteiger partial charge in [-0.15, -0.1) is 0 Å². The topological polar surface area (TPSA) is 186 Å². The first kappa shape index (κ1) is 39.3. The lowest BCUT2D eigenvalue weighted by molar-refractivity contribution is -0.156. The third kappa shape index (κ3) is 13.0. The lowest BCUT2D eigenvalue weighted by atomic mass is 10.1. The van der Waals surface area contributed by atoms with E-state index in [0.29, 0.717) is 69.5 Å². The third-order valence-electron chi connectivity index (χ3n) is 7.86. The molecule has 268 valence electrons. The van der Waals surface area contributed by atoms with Gasteiger partial charge in [0.2, 0.25) is 11.8 Å². The van der Waals surface area contributed by atoms with Crippen LogP contribution in [0.15, 0.2) is 54.6 Å². The molecule has 2 atom stereocenters. The first-order chi connectivity index (χ1) is 23.4. The molecule has 0 saturated carbocycles. The quantitative estimate of drug-likeness (QED) is 0.0661. The molecule has 1 aliphatic heterocycles. The lowest BCUT2D eigenvalue weighted by Gasteiger charge is -2.29. The number of rotatable bonds is 21. The van der Waals surface area contributed by atoms with E-state index in [1.165, 1.54) is 4.90 Å². The molecule has 2 aromatic rings. The number of fused-ring (bicyclic) bond motifs is 1. The van der Waals surface area contributed by atoms with Crippen molar-refractivity contribution in [1.29, 1.82) is 0 Å². The van der Waals surface area contributed by atoms with Gasteiger partial charge >= 0.3 is 5.97 Å². The SMILES string of the molecule is CC(C)(C)OC(=O)C(N)CCC(=O)N[C@@H](CCCCNOCc1ccccc1)C(=O)N(CCCN)CCCN1C(=O)c2ccccc2C1=O. The van der Waals surface area contributed by atoms with Crippen LogP contribution in [-0.2, 0) is 30.6 Å². The second-order valence-electron chi connectivity index (χ2n) is 13.1. The normalized spacial score (nSPS) is 13.9. The minimum absolute atomic E-state index is 0.0570. The summed E-state index contributed by atoms with van der Waals surface area (Å²) in [6, 6.07) is 14.6. The number of nitrogens with two attached hydrogens (primary N) is 2. The Morgan fingerprint density at radius 3 is 2.14 bits per heavy atom. The number of carbonyl (C=O) groups is 5. The molecular weight excluding hydrogens is 628 g/mol. The van der Waals surface area contributed by atoms with E-state index in [1.807, 2.05) is 30.3 Å². The van der Waals surface area contributed by atoms with Gasteiger partial charge in [-0.3, -0.25) is 33.7 Å². The van der Waals surface area contributed by atoms with E-state index in [0.717, 1.165) is 5.56 Å². The van der Waals surface area contributed by atoms with Gasteiger partial charge in [0.05, 0.1) is 17.7 Å². The Labute approximate surface area is 289 Å². The fourth-order valence-corrected chi connectivity index (χ4v) is 5.33. The second-order valence-corrected chi connectivity index (χ2v) is 13.1. The van der Waals surface area contributed by atoms with E-state index in [9.17, 15) is 24.0 Å². The summed E-state index contributed by atoms with van der Waals surface area (Å²) in [5.74, 6) is -1.99. The second kappa shape index (κ2) is 19.7. The van der Waals surface area contributed by atoms with Crippen LogP contribution in [0.25, 0.3) is 0 Å². The maximum atomic E-state index is 13.9. The number of benzene rings is 2. The molecule has 0 bridgehead atoms. The molecule has 0 radical (unpaired) electrons. The van der Waals surface area contributed by atoms with Gasteiger partial charge in [-0.2, -0.15) is 0 Å². The molecule has 0 aromatic heterocycles. The summed E-state index contributed by atoms with van der Waals surface area (Å²) in [7, 11) is 0. The van der Waals surface area contributed by atoms with Crippen molar-refractivity contribution in [3.05, 3.63) is 71.3 Å². The Morgan fingerprint density at radius 1 is 0.878 bits per heavy atom. The van der Waals surface area contributed by atoms with E-state index in [1.54, 1.807) is 49.9 Å². The van der Waals surface area contributed by atoms with Gasteiger partial charge in [0, 0.05) is 32.6 Å². The molecule has 3 rings (SSSR count). The van der Waals surface area contributed by atoms with Crippen molar-refractivity contribution >= 4 is 29.6 Å². The van der Waals surface area contributed by atoms with Crippen molar-refractivity contribution in [3.8, 4) is 0 Å². The van der Waals surface area contributed by atoms with Crippen LogP contribution in [0.1, 0.15) is 92.0 Å². The number of amides is 4. The summed E-state index contributed by atoms with van der Waals surface area (Å²) in [4.78, 5) is 73.3. The Bertz CT molecular complexity index is 1360. The molecule has 6 N–H and O–H groups in total. The van der Waals surface area contributed by atoms with Gasteiger partial charge in [0.1, 0.15) is 17.7 Å². The Kier molecular flexibility index (Phi) is 15.8. The first-order valence-electron chi connectivity index (χ1n) is 17.0. The molecule has 13 nitrogen and oxygen atoms in total. The predicted octanol–water partition coefficient (Wildman–Crippen LogP) is 2.68. The zero-order valence-electron chi connectivity index (χ0n) is 29.0. The minimum atomic E-state index is -0.982. The van der Waals surface area contributed by atoms with Crippen LogP contribution in [-0.4, -0.2) is 89.8 Å². The molecule has 0 saturated heterocycles. The molecule has 1 aliphatic rings. The Morgan fingerprint density at radius 2 is 1.51 bits per heavy atom. The number of nitrogens with zero attached hydrogens (tertiary/aromatic N) is 2. The van der Waals surface area contributed by atoms with Gasteiger partial charge in [-0.25, -0.2) is 5.48 Å². The number of hydrogen-bond donors (Lipinski definition) is 4. The fraction of sp³-hybridized carbons (Fsp3) is 0.528. The number of unbranched alkanes of at least 4 members (excludes halogenated alkanes) is 1. The molecule has 0 aliphatic carbocycles. The van der Waals surface area contributed by atoms with Crippen LogP contribution in [0.2, 0.25) is 0 Å². The highest BCUT2D eigenvalue weighted by Gasteiger charge is 2.35. The van der Waals surface area contributed by atoms with Crippen molar-refractivity contribution in [2.75, 3.05) is 32.7 Å². The Balaban J connectivity index is 1.59. The van der Waals surface area contributed by atoms with Crippen LogP contribution in [0.4, 0.5) is 0 Å². The van der Waals surface area contributed by atoms with Gasteiger partial charge in [-0.1, -0.05) is 42.5 Å². The van der Waals surface area contributed by atoms with Crippen LogP contribution in [0.5, 0.6) is 0 Å². The number of hydrogen-bond acceptors (Lipinski definition) is 10. The summed E-state index contributed by atoms with van der Waals surface area (Å²) in [6.45, 7) is 7.29. The number of imide groups is 1. The average molecular weight is 681 g/mol. The smallest absolute Gasteiger partial charge is 0.323 e. The monoisotopic (exact) mass is 680 g/mol. The first-order valence-corrected chi connectivity index (χ1v) is 17.0. The lowest BCUT2D eigenvalue weighted by Crippen LogP contribution is -2.50. The van der Waals surface area contributed by atoms with Crippen molar-refractivity contribution in [3.63, 3.8) is 0 Å². The van der Waals surface area contributed by atoms with Crippen LogP contribution in [0, 0.1) is 0 Å². The van der Waals surface area contributed by atoms with Crippen LogP contribution >= 0.6 is 0 Å². The zero-order chi connectivity index (χ0) is 35.8. The van der Waals surface area contributed by atoms with E-state index >= 15 is 0 Å². The highest BCUT2D eigenvalue weighted by Crippen LogP contribution is 2.22. The average Bonchev–Trinajstić information content (AvgIpc) is 3.31. The summed E-state index contributed by atoms with van der Waals surface area (Å²) in [6.07, 6.45) is 2.53. The van der Waals surface area contributed by atoms with E-state index in [2.05, 4.69) is 10.8 Å². The van der Waals surface area contributed by atoms with Crippen molar-refractivity contribution in [2.24, 2.45) is 11.5 Å². The van der Waals surface area contributed by atoms with Crippen molar-refractivity contribution < 1.29 is 33.5 Å². The molecule has 0 fully saturated rings. The van der Waals surface area contributed by atoms with E-state index in [4.69, 9.17) is 21.0 Å². The molecule has 2 aromatic carbocycles. The van der Waals surface area contributed by atoms with Gasteiger partial charge in [0.15, 0.2) is 0 Å². The summed E-state index contributed by atoms with van der Waals surface area (Å²) in [5.41, 5.74) is 15.8. The summed E-state index contributed by atoms with van der Waals surface area (Å²) >= 11 is 0. The Hall–Kier alpha value is -4.17. The number of hydroxylamine groups is 1. The van der Waals surface area contributed by atoms with Crippen molar-refractivity contribution in [2.45, 2.75) is 90.0 Å². The van der Waals surface area contributed by atoms with E-state index in [-0.39, 0.29) is 43.7 Å². The number of ether oxygens (including phenoxy) is 1. The largest absolute Gasteiger partial charge is 0.459 e. The maximum Gasteiger partial charge on any atom is 0.323 e.